The van der Waals surface area contributed by atoms with E-state index in [0.29, 0.717) is 31.7 Å². The summed E-state index contributed by atoms with van der Waals surface area (Å²) in [5.41, 5.74) is 2.03. The first kappa shape index (κ1) is 20.2. The molecule has 154 valence electrons. The average Bonchev–Trinajstić information content (AvgIpc) is 3.12. The third kappa shape index (κ3) is 3.86. The van der Waals surface area contributed by atoms with Crippen molar-refractivity contribution in [2.75, 3.05) is 35.5 Å². The molecule has 2 aromatic rings. The standard InChI is InChI=1S/C23H30N3O2P/c1-2-9-23(24-16-14-22(27)15-17-24)29(28)25(20-10-5-3-6-11-20)18-19-26(29)21-12-7-4-8-13-21/h3-8,10-13,23H,2,9,14-19H2,1H3. The molecule has 5 nitrogen and oxygen atoms in total. The molecule has 2 aliphatic heterocycles. The number of carbonyl (C=O) groups is 1. The first-order valence-electron chi connectivity index (χ1n) is 10.7. The highest BCUT2D eigenvalue weighted by atomic mass is 31.2. The number of para-hydroxylation sites is 2. The number of likely N-dealkylation sites (tertiary alicyclic amines) is 1. The van der Waals surface area contributed by atoms with Gasteiger partial charge in [0.25, 0.3) is 7.44 Å². The molecule has 1 atom stereocenters. The molecule has 0 bridgehead atoms. The second-order valence-corrected chi connectivity index (χ2v) is 10.6. The summed E-state index contributed by atoms with van der Waals surface area (Å²) in [7, 11) is -2.97. The molecule has 1 unspecified atom stereocenters. The minimum absolute atomic E-state index is 0.0801. The molecular weight excluding hydrogens is 381 g/mol. The first-order valence-corrected chi connectivity index (χ1v) is 12.3. The van der Waals surface area contributed by atoms with Crippen LogP contribution in [0, 0.1) is 0 Å². The molecule has 2 fully saturated rings. The van der Waals surface area contributed by atoms with Gasteiger partial charge in [0.05, 0.1) is 0 Å². The van der Waals surface area contributed by atoms with E-state index in [1.54, 1.807) is 0 Å². The largest absolute Gasteiger partial charge is 0.304 e. The predicted octanol–water partition coefficient (Wildman–Crippen LogP) is 5.00. The molecule has 0 N–H and O–H groups in total. The number of carbonyl (C=O) groups excluding carboxylic acids is 1. The lowest BCUT2D eigenvalue weighted by molar-refractivity contribution is -0.121. The van der Waals surface area contributed by atoms with Gasteiger partial charge < -0.3 is 9.34 Å². The fourth-order valence-corrected chi connectivity index (χ4v) is 8.45. The van der Waals surface area contributed by atoms with Crippen LogP contribution >= 0.6 is 7.44 Å². The molecule has 0 aliphatic carbocycles. The molecule has 0 radical (unpaired) electrons. The Labute approximate surface area is 173 Å². The van der Waals surface area contributed by atoms with Crippen molar-refractivity contribution in [3.05, 3.63) is 60.7 Å². The fourth-order valence-electron chi connectivity index (χ4n) is 4.61. The number of hydrogen-bond donors (Lipinski definition) is 0. The Bertz CT molecular complexity index is 813. The van der Waals surface area contributed by atoms with Gasteiger partial charge in [0.1, 0.15) is 11.6 Å². The van der Waals surface area contributed by atoms with Crippen molar-refractivity contribution >= 4 is 24.6 Å². The number of benzene rings is 2. The quantitative estimate of drug-likeness (QED) is 0.626. The molecule has 6 heteroatoms. The number of Topliss-reactive ketones (excluding diaryl/α,β-unsaturated/α-hetero) is 1. The van der Waals surface area contributed by atoms with Crippen LogP contribution in [0.15, 0.2) is 60.7 Å². The van der Waals surface area contributed by atoms with Crippen LogP contribution in [0.3, 0.4) is 0 Å². The minimum atomic E-state index is -2.97. The van der Waals surface area contributed by atoms with Gasteiger partial charge in [-0.15, -0.1) is 0 Å². The van der Waals surface area contributed by atoms with E-state index in [1.807, 2.05) is 36.4 Å². The smallest absolute Gasteiger partial charge is 0.279 e. The lowest BCUT2D eigenvalue weighted by atomic mass is 10.1. The van der Waals surface area contributed by atoms with Crippen LogP contribution in [0.1, 0.15) is 32.6 Å². The Morgan fingerprint density at radius 2 is 1.31 bits per heavy atom. The Hall–Kier alpha value is -2.10. The molecule has 2 aliphatic rings. The Balaban J connectivity index is 1.78. The molecule has 2 heterocycles. The maximum Gasteiger partial charge on any atom is 0.279 e. The van der Waals surface area contributed by atoms with Crippen LogP contribution in [0.2, 0.25) is 0 Å². The molecule has 4 rings (SSSR count). The molecule has 2 saturated heterocycles. The summed E-state index contributed by atoms with van der Waals surface area (Å²) in [6, 6.07) is 20.3. The SMILES string of the molecule is CCCC(N1CCC(=O)CC1)P1(=O)N(c2ccccc2)CCN1c1ccccc1. The first-order chi connectivity index (χ1) is 14.1. The van der Waals surface area contributed by atoms with Crippen molar-refractivity contribution in [2.24, 2.45) is 0 Å². The summed E-state index contributed by atoms with van der Waals surface area (Å²) in [4.78, 5) is 14.2. The number of rotatable bonds is 6. The Morgan fingerprint density at radius 1 is 0.828 bits per heavy atom. The van der Waals surface area contributed by atoms with Gasteiger partial charge in [0, 0.05) is 50.4 Å². The second kappa shape index (κ2) is 8.73. The van der Waals surface area contributed by atoms with E-state index < -0.39 is 7.44 Å². The summed E-state index contributed by atoms with van der Waals surface area (Å²) in [5, 5.41) is 0. The fraction of sp³-hybridized carbons (Fsp3) is 0.435. The minimum Gasteiger partial charge on any atom is -0.304 e. The monoisotopic (exact) mass is 411 g/mol. The summed E-state index contributed by atoms with van der Waals surface area (Å²) < 4.78 is 19.4. The van der Waals surface area contributed by atoms with Crippen LogP contribution in [0.4, 0.5) is 11.4 Å². The zero-order valence-electron chi connectivity index (χ0n) is 17.1. The van der Waals surface area contributed by atoms with Crippen molar-refractivity contribution in [3.63, 3.8) is 0 Å². The maximum atomic E-state index is 15.1. The highest BCUT2D eigenvalue weighted by molar-refractivity contribution is 7.68. The Morgan fingerprint density at radius 3 is 1.76 bits per heavy atom. The predicted molar refractivity (Wildman–Crippen MR) is 120 cm³/mol. The zero-order chi connectivity index (χ0) is 20.3. The van der Waals surface area contributed by atoms with Crippen molar-refractivity contribution in [2.45, 2.75) is 38.4 Å². The average molecular weight is 411 g/mol. The molecular formula is C23H30N3O2P. The van der Waals surface area contributed by atoms with E-state index in [4.69, 9.17) is 0 Å². The van der Waals surface area contributed by atoms with Gasteiger partial charge in [-0.1, -0.05) is 49.7 Å². The number of anilines is 2. The normalized spacial score (nSPS) is 20.8. The third-order valence-electron chi connectivity index (χ3n) is 6.04. The van der Waals surface area contributed by atoms with Crippen molar-refractivity contribution < 1.29 is 9.36 Å². The summed E-state index contributed by atoms with van der Waals surface area (Å²) in [6.07, 6.45) is 2.95. The van der Waals surface area contributed by atoms with Crippen LogP contribution in [0.5, 0.6) is 0 Å². The van der Waals surface area contributed by atoms with Crippen LogP contribution in [-0.2, 0) is 9.36 Å². The van der Waals surface area contributed by atoms with Gasteiger partial charge in [-0.25, -0.2) is 0 Å². The number of ketones is 1. The van der Waals surface area contributed by atoms with Crippen molar-refractivity contribution in [3.8, 4) is 0 Å². The van der Waals surface area contributed by atoms with Crippen molar-refractivity contribution in [1.82, 2.24) is 4.90 Å². The van der Waals surface area contributed by atoms with E-state index >= 15 is 4.57 Å². The van der Waals surface area contributed by atoms with E-state index in [1.165, 1.54) is 0 Å². The third-order valence-corrected chi connectivity index (χ3v) is 9.64. The number of piperidine rings is 1. The van der Waals surface area contributed by atoms with Crippen LogP contribution in [0.25, 0.3) is 0 Å². The molecule has 0 amide bonds. The van der Waals surface area contributed by atoms with Gasteiger partial charge in [-0.05, 0) is 30.7 Å². The number of nitrogens with zero attached hydrogens (tertiary/aromatic N) is 3. The highest BCUT2D eigenvalue weighted by Crippen LogP contribution is 2.65. The molecule has 29 heavy (non-hydrogen) atoms. The maximum absolute atomic E-state index is 15.1. The molecule has 2 aromatic carbocycles. The molecule has 0 aromatic heterocycles. The van der Waals surface area contributed by atoms with Gasteiger partial charge >= 0.3 is 0 Å². The molecule has 0 spiro atoms. The van der Waals surface area contributed by atoms with Crippen molar-refractivity contribution in [1.29, 1.82) is 0 Å². The van der Waals surface area contributed by atoms with Gasteiger partial charge in [-0.2, -0.15) is 0 Å². The van der Waals surface area contributed by atoms with E-state index in [0.717, 1.165) is 37.3 Å². The van der Waals surface area contributed by atoms with E-state index in [-0.39, 0.29) is 5.78 Å². The van der Waals surface area contributed by atoms with Gasteiger partial charge in [0.15, 0.2) is 0 Å². The molecule has 0 saturated carbocycles. The summed E-state index contributed by atoms with van der Waals surface area (Å²) in [6.45, 7) is 5.05. The van der Waals surface area contributed by atoms with E-state index in [2.05, 4.69) is 45.4 Å². The van der Waals surface area contributed by atoms with E-state index in [9.17, 15) is 4.79 Å². The van der Waals surface area contributed by atoms with Crippen LogP contribution in [-0.4, -0.2) is 42.6 Å². The van der Waals surface area contributed by atoms with Gasteiger partial charge in [-0.3, -0.25) is 14.3 Å². The zero-order valence-corrected chi connectivity index (χ0v) is 18.0. The summed E-state index contributed by atoms with van der Waals surface area (Å²) in [5.74, 6) is 0.240. The summed E-state index contributed by atoms with van der Waals surface area (Å²) >= 11 is 0. The highest BCUT2D eigenvalue weighted by Gasteiger charge is 2.51. The van der Waals surface area contributed by atoms with Gasteiger partial charge in [0.2, 0.25) is 0 Å². The topological polar surface area (TPSA) is 43.9 Å². The lowest BCUT2D eigenvalue weighted by Gasteiger charge is -2.44. The second-order valence-electron chi connectivity index (χ2n) is 7.85. The number of hydrogen-bond acceptors (Lipinski definition) is 3. The Kier molecular flexibility index (Phi) is 6.07. The lowest BCUT2D eigenvalue weighted by Crippen LogP contribution is -2.45. The van der Waals surface area contributed by atoms with Crippen LogP contribution < -0.4 is 9.34 Å².